The van der Waals surface area contributed by atoms with Gasteiger partial charge < -0.3 is 4.85 Å². The van der Waals surface area contributed by atoms with Crippen molar-refractivity contribution in [1.82, 2.24) is 0 Å². The first-order valence-electron chi connectivity index (χ1n) is 4.82. The van der Waals surface area contributed by atoms with Crippen molar-refractivity contribution >= 4 is 5.57 Å². The van der Waals surface area contributed by atoms with Crippen LogP contribution >= 0.6 is 0 Å². The summed E-state index contributed by atoms with van der Waals surface area (Å²) in [5, 5.41) is 0. The molecule has 0 spiro atoms. The number of allylic oxidation sites excluding steroid dienone is 2. The van der Waals surface area contributed by atoms with Crippen molar-refractivity contribution in [2.45, 2.75) is 6.04 Å². The van der Waals surface area contributed by atoms with Crippen molar-refractivity contribution in [1.29, 1.82) is 0 Å². The molecule has 72 valence electrons. The summed E-state index contributed by atoms with van der Waals surface area (Å²) in [6.45, 7) is 11.1. The summed E-state index contributed by atoms with van der Waals surface area (Å²) in [6.07, 6.45) is 5.84. The molecule has 15 heavy (non-hydrogen) atoms. The highest BCUT2D eigenvalue weighted by atomic mass is 14.7. The van der Waals surface area contributed by atoms with Crippen molar-refractivity contribution in [2.24, 2.45) is 0 Å². The van der Waals surface area contributed by atoms with Crippen LogP contribution in [0, 0.1) is 6.57 Å². The summed E-state index contributed by atoms with van der Waals surface area (Å²) in [5.41, 5.74) is 3.01. The molecule has 1 atom stereocenters. The van der Waals surface area contributed by atoms with Gasteiger partial charge in [-0.05, 0) is 5.56 Å². The van der Waals surface area contributed by atoms with Crippen molar-refractivity contribution < 1.29 is 0 Å². The number of benzene rings is 1. The summed E-state index contributed by atoms with van der Waals surface area (Å²) >= 11 is 0. The molecule has 1 aromatic carbocycles. The van der Waals surface area contributed by atoms with Gasteiger partial charge in [0.05, 0.1) is 0 Å². The monoisotopic (exact) mass is 193 g/mol. The van der Waals surface area contributed by atoms with E-state index >= 15 is 0 Å². The second-order valence-corrected chi connectivity index (χ2v) is 3.45. The second kappa shape index (κ2) is 3.98. The van der Waals surface area contributed by atoms with Gasteiger partial charge in [0.1, 0.15) is 0 Å². The molecule has 0 saturated carbocycles. The molecule has 1 aliphatic rings. The molecule has 1 heteroatoms. The maximum Gasteiger partial charge on any atom is 0.273 e. The lowest BCUT2D eigenvalue weighted by Gasteiger charge is -2.13. The third kappa shape index (κ3) is 1.75. The molecule has 0 amide bonds. The number of nitrogens with zero attached hydrogens (tertiary/aromatic N) is 1. The van der Waals surface area contributed by atoms with E-state index in [-0.39, 0.29) is 6.04 Å². The summed E-state index contributed by atoms with van der Waals surface area (Å²) in [6, 6.07) is 9.77. The van der Waals surface area contributed by atoms with Crippen molar-refractivity contribution in [3.05, 3.63) is 77.7 Å². The summed E-state index contributed by atoms with van der Waals surface area (Å²) in [4.78, 5) is 3.62. The Morgan fingerprint density at radius 1 is 1.20 bits per heavy atom. The molecule has 0 heterocycles. The first-order valence-corrected chi connectivity index (χ1v) is 4.82. The zero-order valence-corrected chi connectivity index (χ0v) is 8.35. The lowest BCUT2D eigenvalue weighted by Crippen LogP contribution is -2.09. The highest BCUT2D eigenvalue weighted by molar-refractivity contribution is 5.77. The molecule has 1 aromatic rings. The molecule has 0 saturated heterocycles. The number of rotatable bonds is 1. The second-order valence-electron chi connectivity index (χ2n) is 3.45. The zero-order valence-electron chi connectivity index (χ0n) is 8.35. The first kappa shape index (κ1) is 9.48. The van der Waals surface area contributed by atoms with Gasteiger partial charge in [-0.1, -0.05) is 55.1 Å². The van der Waals surface area contributed by atoms with E-state index in [0.717, 1.165) is 16.7 Å². The van der Waals surface area contributed by atoms with E-state index in [9.17, 15) is 0 Å². The smallest absolute Gasteiger partial charge is 0.273 e. The van der Waals surface area contributed by atoms with E-state index in [1.165, 1.54) is 0 Å². The fourth-order valence-corrected chi connectivity index (χ4v) is 1.69. The van der Waals surface area contributed by atoms with Gasteiger partial charge in [-0.25, -0.2) is 6.57 Å². The standard InChI is InChI=1S/C14H11N/c1-11-7-6-10-13(14(11)15-2)12-8-4-3-5-9-12/h3-10,14H,1H2. The van der Waals surface area contributed by atoms with Gasteiger partial charge in [0.25, 0.3) is 6.04 Å². The Hall–Kier alpha value is -2.07. The highest BCUT2D eigenvalue weighted by Gasteiger charge is 2.23. The van der Waals surface area contributed by atoms with Crippen molar-refractivity contribution in [2.75, 3.05) is 0 Å². The SMILES string of the molecule is [C-]#[N+]C1C(=C)C=CC=C1c1ccccc1. The predicted octanol–water partition coefficient (Wildman–Crippen LogP) is 3.48. The minimum Gasteiger partial charge on any atom is -0.303 e. The van der Waals surface area contributed by atoms with Crippen LogP contribution in [0.4, 0.5) is 0 Å². The Bertz CT molecular complexity index is 472. The van der Waals surface area contributed by atoms with Crippen LogP contribution in [0.25, 0.3) is 10.4 Å². The van der Waals surface area contributed by atoms with Gasteiger partial charge in [0.2, 0.25) is 0 Å². The minimum atomic E-state index is -0.225. The zero-order chi connectivity index (χ0) is 10.7. The quantitative estimate of drug-likeness (QED) is 0.601. The molecule has 0 bridgehead atoms. The van der Waals surface area contributed by atoms with Gasteiger partial charge in [0.15, 0.2) is 0 Å². The molecule has 0 aromatic heterocycles. The lowest BCUT2D eigenvalue weighted by atomic mass is 9.90. The Morgan fingerprint density at radius 2 is 1.93 bits per heavy atom. The van der Waals surface area contributed by atoms with E-state index in [1.54, 1.807) is 0 Å². The van der Waals surface area contributed by atoms with Gasteiger partial charge in [-0.15, -0.1) is 0 Å². The van der Waals surface area contributed by atoms with Gasteiger partial charge in [-0.3, -0.25) is 0 Å². The van der Waals surface area contributed by atoms with Gasteiger partial charge >= 0.3 is 0 Å². The Kier molecular flexibility index (Phi) is 2.51. The molecular formula is C14H11N. The average Bonchev–Trinajstić information content (AvgIpc) is 2.30. The summed E-state index contributed by atoms with van der Waals surface area (Å²) in [5.74, 6) is 0. The first-order chi connectivity index (χ1) is 7.33. The van der Waals surface area contributed by atoms with E-state index in [0.29, 0.717) is 0 Å². The molecule has 1 nitrogen and oxygen atoms in total. The topological polar surface area (TPSA) is 4.36 Å². The Balaban J connectivity index is 2.45. The van der Waals surface area contributed by atoms with Crippen LogP contribution in [-0.4, -0.2) is 6.04 Å². The van der Waals surface area contributed by atoms with Gasteiger partial charge in [0, 0.05) is 11.1 Å². The number of hydrogen-bond acceptors (Lipinski definition) is 0. The molecular weight excluding hydrogens is 182 g/mol. The lowest BCUT2D eigenvalue weighted by molar-refractivity contribution is 1.16. The van der Waals surface area contributed by atoms with E-state index < -0.39 is 0 Å². The summed E-state index contributed by atoms with van der Waals surface area (Å²) < 4.78 is 0. The van der Waals surface area contributed by atoms with Crippen molar-refractivity contribution in [3.8, 4) is 0 Å². The third-order valence-corrected chi connectivity index (χ3v) is 2.47. The van der Waals surface area contributed by atoms with Crippen LogP contribution in [-0.2, 0) is 0 Å². The maximum absolute atomic E-state index is 7.20. The number of hydrogen-bond donors (Lipinski definition) is 0. The normalized spacial score (nSPS) is 19.5. The molecule has 0 N–H and O–H groups in total. The summed E-state index contributed by atoms with van der Waals surface area (Å²) in [7, 11) is 0. The Labute approximate surface area is 89.9 Å². The van der Waals surface area contributed by atoms with E-state index in [2.05, 4.69) is 11.4 Å². The van der Waals surface area contributed by atoms with E-state index in [4.69, 9.17) is 6.57 Å². The molecule has 0 fully saturated rings. The molecule has 1 unspecified atom stereocenters. The average molecular weight is 193 g/mol. The largest absolute Gasteiger partial charge is 0.303 e. The van der Waals surface area contributed by atoms with Crippen LogP contribution < -0.4 is 0 Å². The molecule has 1 aliphatic carbocycles. The van der Waals surface area contributed by atoms with Crippen molar-refractivity contribution in [3.63, 3.8) is 0 Å². The van der Waals surface area contributed by atoms with Crippen LogP contribution in [0.5, 0.6) is 0 Å². The van der Waals surface area contributed by atoms with E-state index in [1.807, 2.05) is 48.6 Å². The minimum absolute atomic E-state index is 0.225. The predicted molar refractivity (Wildman–Crippen MR) is 63.1 cm³/mol. The molecule has 2 rings (SSSR count). The third-order valence-electron chi connectivity index (χ3n) is 2.47. The molecule has 0 aliphatic heterocycles. The fourth-order valence-electron chi connectivity index (χ4n) is 1.69. The van der Waals surface area contributed by atoms with Crippen LogP contribution in [0.1, 0.15) is 5.56 Å². The van der Waals surface area contributed by atoms with Crippen LogP contribution in [0.15, 0.2) is 60.7 Å². The maximum atomic E-state index is 7.20. The molecule has 0 radical (unpaired) electrons. The fraction of sp³-hybridized carbons (Fsp3) is 0.0714. The van der Waals surface area contributed by atoms with Gasteiger partial charge in [-0.2, -0.15) is 0 Å². The van der Waals surface area contributed by atoms with Crippen LogP contribution in [0.2, 0.25) is 0 Å². The Morgan fingerprint density at radius 3 is 2.60 bits per heavy atom. The van der Waals surface area contributed by atoms with Crippen LogP contribution in [0.3, 0.4) is 0 Å². The highest BCUT2D eigenvalue weighted by Crippen LogP contribution is 2.28.